The smallest absolute Gasteiger partial charge is 0.279 e. The molecule has 0 atom stereocenters. The summed E-state index contributed by atoms with van der Waals surface area (Å²) in [4.78, 5) is 20.7. The number of hydrogen-bond donors (Lipinski definition) is 1. The van der Waals surface area contributed by atoms with Gasteiger partial charge in [0.1, 0.15) is 5.82 Å². The van der Waals surface area contributed by atoms with Gasteiger partial charge in [-0.2, -0.15) is 9.97 Å². The molecule has 0 aliphatic rings. The minimum atomic E-state index is -0.397. The Bertz CT molecular complexity index is 668. The Morgan fingerprint density at radius 3 is 2.48 bits per heavy atom. The van der Waals surface area contributed by atoms with Crippen LogP contribution in [0.2, 0.25) is 5.02 Å². The zero-order chi connectivity index (χ0) is 15.4. The molecule has 0 bridgehead atoms. The summed E-state index contributed by atoms with van der Waals surface area (Å²) < 4.78 is 1.47. The molecule has 6 nitrogen and oxygen atoms in total. The van der Waals surface area contributed by atoms with E-state index in [1.165, 1.54) is 9.58 Å². The highest BCUT2D eigenvalue weighted by atomic mass is 35.5. The minimum Gasteiger partial charge on any atom is -0.279 e. The Kier molecular flexibility index (Phi) is 4.93. The van der Waals surface area contributed by atoms with E-state index in [0.717, 1.165) is 6.42 Å². The van der Waals surface area contributed by atoms with E-state index in [2.05, 4.69) is 9.97 Å². The highest BCUT2D eigenvalue weighted by molar-refractivity contribution is 6.30. The standard InChI is InChI=1S/C14H18ClN5O/c1-3-9-19(16)13-17-12(4-2)20(14(21)18-13)11-7-5-10(15)6-8-11/h5-8H,3-4,9,16H2,1-2H3. The molecule has 0 fully saturated rings. The van der Waals surface area contributed by atoms with Gasteiger partial charge in [0, 0.05) is 18.0 Å². The predicted octanol–water partition coefficient (Wildman–Crippen LogP) is 1.93. The summed E-state index contributed by atoms with van der Waals surface area (Å²) >= 11 is 5.87. The van der Waals surface area contributed by atoms with Crippen LogP contribution in [0.5, 0.6) is 0 Å². The van der Waals surface area contributed by atoms with E-state index in [1.807, 2.05) is 13.8 Å². The highest BCUT2D eigenvalue weighted by Gasteiger charge is 2.13. The summed E-state index contributed by atoms with van der Waals surface area (Å²) in [6.45, 7) is 4.52. The van der Waals surface area contributed by atoms with E-state index in [-0.39, 0.29) is 5.95 Å². The van der Waals surface area contributed by atoms with Crippen LogP contribution in [-0.2, 0) is 6.42 Å². The van der Waals surface area contributed by atoms with E-state index >= 15 is 0 Å². The van der Waals surface area contributed by atoms with Gasteiger partial charge in [-0.15, -0.1) is 0 Å². The number of benzene rings is 1. The highest BCUT2D eigenvalue weighted by Crippen LogP contribution is 2.14. The maximum absolute atomic E-state index is 12.3. The van der Waals surface area contributed by atoms with E-state index in [4.69, 9.17) is 17.4 Å². The fourth-order valence-electron chi connectivity index (χ4n) is 1.99. The van der Waals surface area contributed by atoms with Gasteiger partial charge in [0.15, 0.2) is 0 Å². The van der Waals surface area contributed by atoms with Crippen LogP contribution >= 0.6 is 11.6 Å². The Hall–Kier alpha value is -1.92. The van der Waals surface area contributed by atoms with Gasteiger partial charge < -0.3 is 0 Å². The number of nitrogens with zero attached hydrogens (tertiary/aromatic N) is 4. The lowest BCUT2D eigenvalue weighted by atomic mass is 10.3. The summed E-state index contributed by atoms with van der Waals surface area (Å²) in [5.74, 6) is 6.71. The second-order valence-corrected chi connectivity index (χ2v) is 5.02. The van der Waals surface area contributed by atoms with Crippen LogP contribution in [0.4, 0.5) is 5.95 Å². The van der Waals surface area contributed by atoms with Crippen molar-refractivity contribution in [1.82, 2.24) is 14.5 Å². The first-order valence-electron chi connectivity index (χ1n) is 6.85. The van der Waals surface area contributed by atoms with Crippen molar-refractivity contribution in [2.24, 2.45) is 5.84 Å². The number of nitrogens with two attached hydrogens (primary N) is 1. The van der Waals surface area contributed by atoms with Crippen molar-refractivity contribution in [2.45, 2.75) is 26.7 Å². The monoisotopic (exact) mass is 307 g/mol. The van der Waals surface area contributed by atoms with Gasteiger partial charge in [0.2, 0.25) is 5.95 Å². The molecule has 0 spiro atoms. The molecule has 2 aromatic rings. The van der Waals surface area contributed by atoms with Crippen LogP contribution in [0.1, 0.15) is 26.1 Å². The number of rotatable bonds is 5. The average molecular weight is 308 g/mol. The number of halogens is 1. The number of aryl methyl sites for hydroxylation is 1. The first-order valence-corrected chi connectivity index (χ1v) is 7.22. The van der Waals surface area contributed by atoms with E-state index < -0.39 is 5.69 Å². The number of hydrazine groups is 1. The maximum Gasteiger partial charge on any atom is 0.356 e. The van der Waals surface area contributed by atoms with Crippen molar-refractivity contribution in [2.75, 3.05) is 11.6 Å². The van der Waals surface area contributed by atoms with Gasteiger partial charge in [-0.05, 0) is 30.7 Å². The molecule has 0 saturated carbocycles. The first-order chi connectivity index (χ1) is 10.1. The summed E-state index contributed by atoms with van der Waals surface area (Å²) in [7, 11) is 0. The lowest BCUT2D eigenvalue weighted by molar-refractivity contribution is 0.713. The van der Waals surface area contributed by atoms with E-state index in [9.17, 15) is 4.79 Å². The van der Waals surface area contributed by atoms with Crippen LogP contribution < -0.4 is 16.5 Å². The normalized spacial score (nSPS) is 10.7. The second-order valence-electron chi connectivity index (χ2n) is 4.58. The Morgan fingerprint density at radius 1 is 1.24 bits per heavy atom. The van der Waals surface area contributed by atoms with Crippen molar-refractivity contribution >= 4 is 17.5 Å². The molecule has 0 aliphatic carbocycles. The molecule has 0 saturated heterocycles. The van der Waals surface area contributed by atoms with Gasteiger partial charge in [-0.1, -0.05) is 25.4 Å². The molecular formula is C14H18ClN5O. The fourth-order valence-corrected chi connectivity index (χ4v) is 2.12. The largest absolute Gasteiger partial charge is 0.356 e. The zero-order valence-corrected chi connectivity index (χ0v) is 12.8. The number of hydrogen-bond acceptors (Lipinski definition) is 5. The fraction of sp³-hybridized carbons (Fsp3) is 0.357. The molecule has 112 valence electrons. The van der Waals surface area contributed by atoms with Crippen molar-refractivity contribution < 1.29 is 0 Å². The van der Waals surface area contributed by atoms with Crippen molar-refractivity contribution in [3.63, 3.8) is 0 Å². The van der Waals surface area contributed by atoms with Crippen LogP contribution in [-0.4, -0.2) is 21.1 Å². The first kappa shape index (κ1) is 15.5. The predicted molar refractivity (Wildman–Crippen MR) is 83.8 cm³/mol. The molecular weight excluding hydrogens is 290 g/mol. The summed E-state index contributed by atoms with van der Waals surface area (Å²) in [5, 5.41) is 2.01. The van der Waals surface area contributed by atoms with Gasteiger partial charge in [0.25, 0.3) is 0 Å². The van der Waals surface area contributed by atoms with E-state index in [0.29, 0.717) is 29.5 Å². The lowest BCUT2D eigenvalue weighted by Gasteiger charge is -2.17. The average Bonchev–Trinajstić information content (AvgIpc) is 2.48. The molecule has 2 N–H and O–H groups in total. The zero-order valence-electron chi connectivity index (χ0n) is 12.1. The van der Waals surface area contributed by atoms with Crippen molar-refractivity contribution in [3.05, 3.63) is 45.6 Å². The Labute approximate surface area is 128 Å². The quantitative estimate of drug-likeness (QED) is 0.674. The third kappa shape index (κ3) is 3.40. The molecule has 0 amide bonds. The van der Waals surface area contributed by atoms with Crippen molar-refractivity contribution in [3.8, 4) is 5.69 Å². The van der Waals surface area contributed by atoms with Gasteiger partial charge in [0.05, 0.1) is 5.69 Å². The third-order valence-electron chi connectivity index (χ3n) is 3.00. The molecule has 0 aliphatic heterocycles. The molecule has 1 aromatic heterocycles. The maximum atomic E-state index is 12.3. The summed E-state index contributed by atoms with van der Waals surface area (Å²) in [6.07, 6.45) is 1.44. The summed E-state index contributed by atoms with van der Waals surface area (Å²) in [5.41, 5.74) is 0.289. The van der Waals surface area contributed by atoms with Gasteiger partial charge in [-0.25, -0.2) is 15.2 Å². The molecule has 7 heteroatoms. The SMILES string of the molecule is CCCN(N)c1nc(CC)n(-c2ccc(Cl)cc2)c(=O)n1. The van der Waals surface area contributed by atoms with Crippen molar-refractivity contribution in [1.29, 1.82) is 0 Å². The van der Waals surface area contributed by atoms with Gasteiger partial charge >= 0.3 is 5.69 Å². The van der Waals surface area contributed by atoms with Crippen LogP contribution in [0.25, 0.3) is 5.69 Å². The van der Waals surface area contributed by atoms with E-state index in [1.54, 1.807) is 24.3 Å². The topological polar surface area (TPSA) is 77.0 Å². The lowest BCUT2D eigenvalue weighted by Crippen LogP contribution is -2.37. The number of aromatic nitrogens is 3. The molecule has 1 aromatic carbocycles. The summed E-state index contributed by atoms with van der Waals surface area (Å²) in [6, 6.07) is 6.97. The Balaban J connectivity index is 2.52. The molecule has 0 unspecified atom stereocenters. The molecule has 2 rings (SSSR count). The van der Waals surface area contributed by atoms with Gasteiger partial charge in [-0.3, -0.25) is 5.01 Å². The minimum absolute atomic E-state index is 0.254. The second kappa shape index (κ2) is 6.69. The molecule has 0 radical (unpaired) electrons. The van der Waals surface area contributed by atoms with Crippen LogP contribution in [0.3, 0.4) is 0 Å². The number of anilines is 1. The van der Waals surface area contributed by atoms with Crippen LogP contribution in [0.15, 0.2) is 29.1 Å². The molecule has 1 heterocycles. The molecule has 21 heavy (non-hydrogen) atoms. The Morgan fingerprint density at radius 2 is 1.90 bits per heavy atom. The van der Waals surface area contributed by atoms with Crippen LogP contribution in [0, 0.1) is 0 Å². The third-order valence-corrected chi connectivity index (χ3v) is 3.25.